The maximum absolute atomic E-state index is 7.24. The zero-order valence-corrected chi connectivity index (χ0v) is 5.78. The van der Waals surface area contributed by atoms with E-state index in [1.165, 1.54) is 0 Å². The van der Waals surface area contributed by atoms with Gasteiger partial charge in [-0.2, -0.15) is 0 Å². The van der Waals surface area contributed by atoms with Crippen molar-refractivity contribution in [1.29, 1.82) is 0 Å². The van der Waals surface area contributed by atoms with Gasteiger partial charge in [0.25, 0.3) is 0 Å². The molecule has 2 heterocycles. The van der Waals surface area contributed by atoms with Gasteiger partial charge in [-0.25, -0.2) is 4.98 Å². The molecule has 2 aromatic heterocycles. The second-order valence-corrected chi connectivity index (χ2v) is 2.24. The third kappa shape index (κ3) is 1.00. The minimum absolute atomic E-state index is 0.283. The van der Waals surface area contributed by atoms with Gasteiger partial charge in [0.15, 0.2) is 0 Å². The first-order valence-electron chi connectivity index (χ1n) is 3.30. The standard InChI is InChI=1S/C8H6N3/c9-8-4-3-6-7(11-8)2-1-5-10-6/h1-5,9H. The topological polar surface area (TPSA) is 49.6 Å². The van der Waals surface area contributed by atoms with E-state index in [9.17, 15) is 0 Å². The van der Waals surface area contributed by atoms with Crippen LogP contribution in [0.15, 0.2) is 30.5 Å². The highest BCUT2D eigenvalue weighted by atomic mass is 14.8. The minimum Gasteiger partial charge on any atom is -0.283 e. The van der Waals surface area contributed by atoms with Crippen molar-refractivity contribution in [3.8, 4) is 0 Å². The lowest BCUT2D eigenvalue weighted by Crippen LogP contribution is -1.82. The van der Waals surface area contributed by atoms with Gasteiger partial charge in [-0.3, -0.25) is 10.7 Å². The lowest BCUT2D eigenvalue weighted by atomic mass is 10.3. The predicted octanol–water partition coefficient (Wildman–Crippen LogP) is 1.54. The Hall–Kier alpha value is -1.64. The van der Waals surface area contributed by atoms with Crippen LogP contribution in [0.25, 0.3) is 11.0 Å². The first-order valence-corrected chi connectivity index (χ1v) is 3.30. The van der Waals surface area contributed by atoms with Crippen LogP contribution in [-0.4, -0.2) is 9.97 Å². The summed E-state index contributed by atoms with van der Waals surface area (Å²) in [5.74, 6) is 0.283. The van der Waals surface area contributed by atoms with Crippen LogP contribution in [0.5, 0.6) is 0 Å². The zero-order chi connectivity index (χ0) is 7.68. The summed E-state index contributed by atoms with van der Waals surface area (Å²) in [6.45, 7) is 0. The Kier molecular flexibility index (Phi) is 1.22. The normalized spacial score (nSPS) is 10.2. The van der Waals surface area contributed by atoms with E-state index in [1.54, 1.807) is 18.3 Å². The molecule has 1 N–H and O–H groups in total. The molecule has 0 saturated carbocycles. The minimum atomic E-state index is 0.283. The third-order valence-electron chi connectivity index (χ3n) is 1.46. The Balaban J connectivity index is 2.83. The van der Waals surface area contributed by atoms with Crippen LogP contribution in [0.2, 0.25) is 0 Å². The van der Waals surface area contributed by atoms with Crippen molar-refractivity contribution in [3.05, 3.63) is 30.5 Å². The number of aromatic nitrogens is 2. The van der Waals surface area contributed by atoms with Crippen LogP contribution in [0.1, 0.15) is 0 Å². The number of fused-ring (bicyclic) bond motifs is 1. The third-order valence-corrected chi connectivity index (χ3v) is 1.46. The highest BCUT2D eigenvalue weighted by Crippen LogP contribution is 2.09. The molecule has 2 aromatic rings. The molecule has 0 aromatic carbocycles. The van der Waals surface area contributed by atoms with Crippen LogP contribution in [0, 0.1) is 0 Å². The summed E-state index contributed by atoms with van der Waals surface area (Å²) < 4.78 is 0. The Labute approximate surface area is 63.9 Å². The molecule has 1 radical (unpaired) electrons. The number of hydrogen-bond donors (Lipinski definition) is 0. The van der Waals surface area contributed by atoms with Gasteiger partial charge in [0.1, 0.15) is 5.82 Å². The molecule has 3 nitrogen and oxygen atoms in total. The zero-order valence-electron chi connectivity index (χ0n) is 5.78. The maximum atomic E-state index is 7.24. The van der Waals surface area contributed by atoms with E-state index < -0.39 is 0 Å². The number of nitrogens with zero attached hydrogens (tertiary/aromatic N) is 2. The molecule has 0 atom stereocenters. The SMILES string of the molecule is [NH]c1ccc2ncccc2n1. The van der Waals surface area contributed by atoms with E-state index in [0.29, 0.717) is 0 Å². The van der Waals surface area contributed by atoms with Crippen molar-refractivity contribution < 1.29 is 0 Å². The van der Waals surface area contributed by atoms with Gasteiger partial charge in [-0.1, -0.05) is 0 Å². The van der Waals surface area contributed by atoms with Crippen molar-refractivity contribution in [2.24, 2.45) is 0 Å². The molecular formula is C8H6N3. The van der Waals surface area contributed by atoms with Crippen LogP contribution < -0.4 is 5.73 Å². The van der Waals surface area contributed by atoms with Crippen LogP contribution in [-0.2, 0) is 0 Å². The van der Waals surface area contributed by atoms with Gasteiger partial charge in [0.2, 0.25) is 0 Å². The Morgan fingerprint density at radius 1 is 1.09 bits per heavy atom. The van der Waals surface area contributed by atoms with Crippen LogP contribution >= 0.6 is 0 Å². The molecule has 2 rings (SSSR count). The van der Waals surface area contributed by atoms with E-state index in [0.717, 1.165) is 11.0 Å². The first kappa shape index (κ1) is 6.09. The Morgan fingerprint density at radius 3 is 2.91 bits per heavy atom. The average Bonchev–Trinajstić information content (AvgIpc) is 2.04. The summed E-state index contributed by atoms with van der Waals surface area (Å²) in [7, 11) is 0. The van der Waals surface area contributed by atoms with Gasteiger partial charge < -0.3 is 0 Å². The molecule has 0 spiro atoms. The average molecular weight is 144 g/mol. The first-order chi connectivity index (χ1) is 5.36. The summed E-state index contributed by atoms with van der Waals surface area (Å²) in [4.78, 5) is 8.06. The van der Waals surface area contributed by atoms with Gasteiger partial charge in [-0.05, 0) is 24.3 Å². The molecule has 53 valence electrons. The second-order valence-electron chi connectivity index (χ2n) is 2.24. The fourth-order valence-corrected chi connectivity index (χ4v) is 0.957. The smallest absolute Gasteiger partial charge is 0.145 e. The lowest BCUT2D eigenvalue weighted by Gasteiger charge is -1.94. The van der Waals surface area contributed by atoms with Crippen molar-refractivity contribution in [1.82, 2.24) is 15.7 Å². The van der Waals surface area contributed by atoms with Gasteiger partial charge in [0.05, 0.1) is 11.0 Å². The van der Waals surface area contributed by atoms with Crippen LogP contribution in [0.4, 0.5) is 5.82 Å². The molecule has 0 aliphatic heterocycles. The summed E-state index contributed by atoms with van der Waals surface area (Å²) >= 11 is 0. The summed E-state index contributed by atoms with van der Waals surface area (Å²) in [5, 5.41) is 0. The molecule has 0 bridgehead atoms. The molecule has 0 saturated heterocycles. The van der Waals surface area contributed by atoms with Gasteiger partial charge >= 0.3 is 0 Å². The van der Waals surface area contributed by atoms with E-state index in [1.807, 2.05) is 12.1 Å². The Bertz CT molecular complexity index is 384. The molecule has 0 aliphatic carbocycles. The van der Waals surface area contributed by atoms with E-state index in [-0.39, 0.29) is 5.82 Å². The van der Waals surface area contributed by atoms with Gasteiger partial charge in [-0.15, -0.1) is 0 Å². The van der Waals surface area contributed by atoms with Crippen molar-refractivity contribution in [2.45, 2.75) is 0 Å². The van der Waals surface area contributed by atoms with Crippen molar-refractivity contribution in [2.75, 3.05) is 0 Å². The van der Waals surface area contributed by atoms with Crippen molar-refractivity contribution >= 4 is 16.9 Å². The molecule has 3 heteroatoms. The highest BCUT2D eigenvalue weighted by molar-refractivity contribution is 5.74. The Morgan fingerprint density at radius 2 is 2.00 bits per heavy atom. The van der Waals surface area contributed by atoms with Crippen LogP contribution in [0.3, 0.4) is 0 Å². The fraction of sp³-hybridized carbons (Fsp3) is 0. The van der Waals surface area contributed by atoms with E-state index in [2.05, 4.69) is 9.97 Å². The molecule has 0 aliphatic rings. The lowest BCUT2D eigenvalue weighted by molar-refractivity contribution is 1.28. The quantitative estimate of drug-likeness (QED) is 0.563. The van der Waals surface area contributed by atoms with E-state index >= 15 is 0 Å². The number of pyridine rings is 2. The van der Waals surface area contributed by atoms with Gasteiger partial charge in [0, 0.05) is 6.20 Å². The monoisotopic (exact) mass is 144 g/mol. The summed E-state index contributed by atoms with van der Waals surface area (Å²) in [6, 6.07) is 7.09. The number of nitrogens with one attached hydrogen (secondary N) is 1. The molecule has 0 amide bonds. The summed E-state index contributed by atoms with van der Waals surface area (Å²) in [5.41, 5.74) is 8.85. The molecule has 0 unspecified atom stereocenters. The van der Waals surface area contributed by atoms with Crippen molar-refractivity contribution in [3.63, 3.8) is 0 Å². The second kappa shape index (κ2) is 2.20. The maximum Gasteiger partial charge on any atom is 0.145 e. The summed E-state index contributed by atoms with van der Waals surface area (Å²) in [6.07, 6.45) is 1.72. The van der Waals surface area contributed by atoms with E-state index in [4.69, 9.17) is 5.73 Å². The molecule has 11 heavy (non-hydrogen) atoms. The number of hydrogen-bond acceptors (Lipinski definition) is 2. The largest absolute Gasteiger partial charge is 0.283 e. The molecular weight excluding hydrogens is 138 g/mol. The molecule has 0 fully saturated rings. The predicted molar refractivity (Wildman–Crippen MR) is 42.3 cm³/mol. The number of rotatable bonds is 0. The highest BCUT2D eigenvalue weighted by Gasteiger charge is 1.93. The fourth-order valence-electron chi connectivity index (χ4n) is 0.957.